The zero-order valence-corrected chi connectivity index (χ0v) is 10.5. The number of carbonyl (C=O) groups is 1. The average molecular weight is 243 g/mol. The van der Waals surface area contributed by atoms with Crippen LogP contribution < -0.4 is 11.1 Å². The monoisotopic (exact) mass is 243 g/mol. The predicted molar refractivity (Wildman–Crippen MR) is 63.9 cm³/mol. The van der Waals surface area contributed by atoms with Crippen molar-refractivity contribution in [2.24, 2.45) is 5.92 Å². The van der Waals surface area contributed by atoms with Crippen LogP contribution in [0.15, 0.2) is 0 Å². The summed E-state index contributed by atoms with van der Waals surface area (Å²) in [7, 11) is 3.57. The number of anilines is 1. The Morgan fingerprint density at radius 2 is 2.38 bits per heavy atom. The third kappa shape index (κ3) is 3.42. The number of hydrogen-bond acceptors (Lipinski definition) is 6. The van der Waals surface area contributed by atoms with Crippen molar-refractivity contribution in [3.8, 4) is 0 Å². The number of amides is 1. The Balaban J connectivity index is 2.45. The van der Waals surface area contributed by atoms with Gasteiger partial charge in [0, 0.05) is 37.6 Å². The fraction of sp³-hybridized carbons (Fsp3) is 0.667. The zero-order valence-electron chi connectivity index (χ0n) is 9.73. The van der Waals surface area contributed by atoms with Crippen LogP contribution in [-0.4, -0.2) is 41.0 Å². The second kappa shape index (κ2) is 5.76. The standard InChI is InChI=1S/C9H17N5OS/c1-6(9(15)11-2)4-14(3)5-7-8(10)16-13-12-7/h6H,4-5,10H2,1-3H3,(H,11,15). The average Bonchev–Trinajstić information content (AvgIpc) is 2.63. The van der Waals surface area contributed by atoms with Crippen molar-refractivity contribution in [2.75, 3.05) is 26.4 Å². The maximum Gasteiger partial charge on any atom is 0.223 e. The van der Waals surface area contributed by atoms with Crippen molar-refractivity contribution in [1.82, 2.24) is 19.8 Å². The Labute approximate surface area is 99.0 Å². The van der Waals surface area contributed by atoms with Crippen LogP contribution in [0.2, 0.25) is 0 Å². The lowest BCUT2D eigenvalue weighted by Crippen LogP contribution is -2.34. The highest BCUT2D eigenvalue weighted by atomic mass is 32.1. The summed E-state index contributed by atoms with van der Waals surface area (Å²) in [6.45, 7) is 3.16. The summed E-state index contributed by atoms with van der Waals surface area (Å²) in [4.78, 5) is 13.3. The molecule has 1 amide bonds. The Morgan fingerprint density at radius 3 is 2.88 bits per heavy atom. The smallest absolute Gasteiger partial charge is 0.223 e. The molecule has 16 heavy (non-hydrogen) atoms. The maximum absolute atomic E-state index is 11.3. The molecule has 90 valence electrons. The summed E-state index contributed by atoms with van der Waals surface area (Å²) in [5, 5.41) is 7.19. The molecule has 1 aromatic rings. The highest BCUT2D eigenvalue weighted by molar-refractivity contribution is 7.09. The van der Waals surface area contributed by atoms with Gasteiger partial charge in [-0.1, -0.05) is 11.4 Å². The minimum atomic E-state index is -0.0529. The first-order valence-electron chi connectivity index (χ1n) is 5.01. The summed E-state index contributed by atoms with van der Waals surface area (Å²) in [5.41, 5.74) is 6.47. The topological polar surface area (TPSA) is 84.1 Å². The summed E-state index contributed by atoms with van der Waals surface area (Å²) in [6.07, 6.45) is 0. The number of hydrogen-bond donors (Lipinski definition) is 2. The van der Waals surface area contributed by atoms with Crippen molar-refractivity contribution >= 4 is 22.4 Å². The first-order valence-corrected chi connectivity index (χ1v) is 5.78. The Kier molecular flexibility index (Phi) is 4.63. The molecule has 1 atom stereocenters. The highest BCUT2D eigenvalue weighted by Gasteiger charge is 2.15. The van der Waals surface area contributed by atoms with Gasteiger partial charge in [-0.3, -0.25) is 9.69 Å². The molecule has 0 fully saturated rings. The first-order chi connectivity index (χ1) is 7.54. The molecule has 0 radical (unpaired) electrons. The van der Waals surface area contributed by atoms with Gasteiger partial charge < -0.3 is 11.1 Å². The van der Waals surface area contributed by atoms with Gasteiger partial charge in [0.2, 0.25) is 5.91 Å². The molecule has 0 saturated heterocycles. The van der Waals surface area contributed by atoms with Crippen molar-refractivity contribution < 1.29 is 4.79 Å². The molecule has 1 rings (SSSR count). The van der Waals surface area contributed by atoms with Gasteiger partial charge in [-0.2, -0.15) is 0 Å². The molecule has 6 nitrogen and oxygen atoms in total. The van der Waals surface area contributed by atoms with E-state index in [4.69, 9.17) is 5.73 Å². The Bertz CT molecular complexity index is 353. The molecule has 0 spiro atoms. The summed E-state index contributed by atoms with van der Waals surface area (Å²) < 4.78 is 3.77. The highest BCUT2D eigenvalue weighted by Crippen LogP contribution is 2.14. The normalized spacial score (nSPS) is 12.8. The van der Waals surface area contributed by atoms with Gasteiger partial charge in [0.1, 0.15) is 10.7 Å². The van der Waals surface area contributed by atoms with Gasteiger partial charge in [0.15, 0.2) is 0 Å². The number of aromatic nitrogens is 2. The number of rotatable bonds is 5. The van der Waals surface area contributed by atoms with Crippen LogP contribution in [-0.2, 0) is 11.3 Å². The van der Waals surface area contributed by atoms with Crippen LogP contribution in [0.4, 0.5) is 5.00 Å². The Hall–Kier alpha value is -1.21. The van der Waals surface area contributed by atoms with Crippen LogP contribution >= 0.6 is 11.5 Å². The van der Waals surface area contributed by atoms with Crippen molar-refractivity contribution in [2.45, 2.75) is 13.5 Å². The van der Waals surface area contributed by atoms with E-state index in [0.29, 0.717) is 18.1 Å². The Morgan fingerprint density at radius 1 is 1.69 bits per heavy atom. The van der Waals surface area contributed by atoms with Gasteiger partial charge in [0.25, 0.3) is 0 Å². The lowest BCUT2D eigenvalue weighted by Gasteiger charge is -2.19. The number of nitrogens with one attached hydrogen (secondary N) is 1. The van der Waals surface area contributed by atoms with Crippen LogP contribution in [0.25, 0.3) is 0 Å². The molecule has 1 heterocycles. The van der Waals surface area contributed by atoms with Gasteiger partial charge in [0.05, 0.1) is 0 Å². The molecular formula is C9H17N5OS. The van der Waals surface area contributed by atoms with Crippen molar-refractivity contribution in [3.63, 3.8) is 0 Å². The SMILES string of the molecule is CNC(=O)C(C)CN(C)Cc1nnsc1N. The van der Waals surface area contributed by atoms with E-state index in [1.807, 2.05) is 18.9 Å². The predicted octanol–water partition coefficient (Wildman–Crippen LogP) is -0.0658. The molecule has 0 saturated carbocycles. The van der Waals surface area contributed by atoms with E-state index < -0.39 is 0 Å². The third-order valence-electron chi connectivity index (χ3n) is 2.28. The van der Waals surface area contributed by atoms with E-state index in [0.717, 1.165) is 5.69 Å². The summed E-state index contributed by atoms with van der Waals surface area (Å²) >= 11 is 1.19. The van der Waals surface area contributed by atoms with E-state index in [1.165, 1.54) is 11.5 Å². The molecule has 1 unspecified atom stereocenters. The number of carbonyl (C=O) groups excluding carboxylic acids is 1. The molecule has 0 bridgehead atoms. The van der Waals surface area contributed by atoms with E-state index in [1.54, 1.807) is 7.05 Å². The minimum Gasteiger partial charge on any atom is -0.388 e. The van der Waals surface area contributed by atoms with E-state index in [9.17, 15) is 4.79 Å². The van der Waals surface area contributed by atoms with Crippen molar-refractivity contribution in [3.05, 3.63) is 5.69 Å². The molecule has 0 aliphatic carbocycles. The molecule has 0 aliphatic rings. The van der Waals surface area contributed by atoms with Gasteiger partial charge in [-0.25, -0.2) is 0 Å². The fourth-order valence-electron chi connectivity index (χ4n) is 1.44. The van der Waals surface area contributed by atoms with E-state index in [2.05, 4.69) is 14.9 Å². The van der Waals surface area contributed by atoms with Crippen LogP contribution in [0.5, 0.6) is 0 Å². The van der Waals surface area contributed by atoms with Crippen molar-refractivity contribution in [1.29, 1.82) is 0 Å². The lowest BCUT2D eigenvalue weighted by atomic mass is 10.1. The molecule has 0 aliphatic heterocycles. The number of nitrogen functional groups attached to an aromatic ring is 1. The maximum atomic E-state index is 11.3. The molecule has 0 aromatic carbocycles. The summed E-state index contributed by atoms with van der Waals surface area (Å²) in [5.74, 6) is -0.0148. The lowest BCUT2D eigenvalue weighted by molar-refractivity contribution is -0.124. The van der Waals surface area contributed by atoms with E-state index >= 15 is 0 Å². The second-order valence-corrected chi connectivity index (χ2v) is 4.58. The second-order valence-electron chi connectivity index (χ2n) is 3.80. The molecule has 7 heteroatoms. The van der Waals surface area contributed by atoms with Crippen LogP contribution in [0.1, 0.15) is 12.6 Å². The van der Waals surface area contributed by atoms with Crippen LogP contribution in [0, 0.1) is 5.92 Å². The number of nitrogens with zero attached hydrogens (tertiary/aromatic N) is 3. The van der Waals surface area contributed by atoms with Gasteiger partial charge in [-0.05, 0) is 7.05 Å². The minimum absolute atomic E-state index is 0.0382. The third-order valence-corrected chi connectivity index (χ3v) is 2.88. The molecular weight excluding hydrogens is 226 g/mol. The quantitative estimate of drug-likeness (QED) is 0.756. The molecule has 1 aromatic heterocycles. The van der Waals surface area contributed by atoms with Crippen LogP contribution in [0.3, 0.4) is 0 Å². The first kappa shape index (κ1) is 12.9. The zero-order chi connectivity index (χ0) is 12.1. The van der Waals surface area contributed by atoms with Gasteiger partial charge in [-0.15, -0.1) is 5.10 Å². The number of nitrogens with two attached hydrogens (primary N) is 1. The van der Waals surface area contributed by atoms with Gasteiger partial charge >= 0.3 is 0 Å². The fourth-order valence-corrected chi connectivity index (χ4v) is 1.88. The summed E-state index contributed by atoms with van der Waals surface area (Å²) in [6, 6.07) is 0. The molecule has 3 N–H and O–H groups in total. The largest absolute Gasteiger partial charge is 0.388 e. The van der Waals surface area contributed by atoms with E-state index in [-0.39, 0.29) is 11.8 Å².